The highest BCUT2D eigenvalue weighted by molar-refractivity contribution is 7.10. The molecule has 1 aromatic carbocycles. The SMILES string of the molecule is CC1(c2cc(F)ccc2F)NC(=O)N(Cc2nnsc2Cl)C1=O. The molecule has 1 saturated heterocycles. The Labute approximate surface area is 138 Å². The normalized spacial score (nSPS) is 21.0. The molecule has 1 atom stereocenters. The molecule has 1 aliphatic heterocycles. The van der Waals surface area contributed by atoms with E-state index < -0.39 is 29.1 Å². The molecular weight excluding hydrogens is 350 g/mol. The Hall–Kier alpha value is -2.13. The molecule has 0 bridgehead atoms. The first-order valence-corrected chi connectivity index (χ1v) is 7.54. The molecule has 1 fully saturated rings. The zero-order chi connectivity index (χ0) is 16.8. The molecule has 1 aromatic heterocycles. The van der Waals surface area contributed by atoms with E-state index >= 15 is 0 Å². The Morgan fingerprint density at radius 2 is 2.13 bits per heavy atom. The van der Waals surface area contributed by atoms with Crippen molar-refractivity contribution in [3.8, 4) is 0 Å². The Bertz CT molecular complexity index is 815. The van der Waals surface area contributed by atoms with Crippen molar-refractivity contribution in [3.05, 3.63) is 45.4 Å². The topological polar surface area (TPSA) is 75.2 Å². The summed E-state index contributed by atoms with van der Waals surface area (Å²) in [6.07, 6.45) is 0. The second kappa shape index (κ2) is 5.50. The fourth-order valence-electron chi connectivity index (χ4n) is 2.34. The van der Waals surface area contributed by atoms with Gasteiger partial charge in [-0.15, -0.1) is 5.10 Å². The van der Waals surface area contributed by atoms with Crippen LogP contribution in [0.2, 0.25) is 4.34 Å². The smallest absolute Gasteiger partial charge is 0.319 e. The van der Waals surface area contributed by atoms with E-state index in [4.69, 9.17) is 11.6 Å². The first-order chi connectivity index (χ1) is 10.8. The van der Waals surface area contributed by atoms with Crippen LogP contribution in [0, 0.1) is 11.6 Å². The minimum atomic E-state index is -1.71. The number of hydrogen-bond donors (Lipinski definition) is 1. The molecule has 0 saturated carbocycles. The molecule has 1 aliphatic rings. The van der Waals surface area contributed by atoms with E-state index in [1.54, 1.807) is 0 Å². The molecule has 6 nitrogen and oxygen atoms in total. The fourth-order valence-corrected chi connectivity index (χ4v) is 2.96. The summed E-state index contributed by atoms with van der Waals surface area (Å²) >= 11 is 6.78. The molecule has 23 heavy (non-hydrogen) atoms. The molecule has 1 N–H and O–H groups in total. The molecule has 2 aromatic rings. The molecular formula is C13H9ClF2N4O2S. The van der Waals surface area contributed by atoms with Crippen molar-refractivity contribution in [1.82, 2.24) is 19.8 Å². The van der Waals surface area contributed by atoms with Crippen LogP contribution in [0.1, 0.15) is 18.2 Å². The van der Waals surface area contributed by atoms with Crippen molar-refractivity contribution in [3.63, 3.8) is 0 Å². The first-order valence-electron chi connectivity index (χ1n) is 6.39. The number of halogens is 3. The van der Waals surface area contributed by atoms with E-state index in [2.05, 4.69) is 14.9 Å². The number of aromatic nitrogens is 2. The lowest BCUT2D eigenvalue weighted by atomic mass is 9.91. The van der Waals surface area contributed by atoms with Gasteiger partial charge in [-0.1, -0.05) is 16.1 Å². The van der Waals surface area contributed by atoms with Crippen LogP contribution in [0.3, 0.4) is 0 Å². The summed E-state index contributed by atoms with van der Waals surface area (Å²) in [6.45, 7) is 1.11. The maximum Gasteiger partial charge on any atom is 0.325 e. The van der Waals surface area contributed by atoms with Gasteiger partial charge in [0.25, 0.3) is 5.91 Å². The number of carbonyl (C=O) groups excluding carboxylic acids is 2. The van der Waals surface area contributed by atoms with E-state index in [9.17, 15) is 18.4 Å². The van der Waals surface area contributed by atoms with Crippen LogP contribution in [0.4, 0.5) is 13.6 Å². The molecule has 0 radical (unpaired) electrons. The van der Waals surface area contributed by atoms with Crippen molar-refractivity contribution in [2.75, 3.05) is 0 Å². The highest BCUT2D eigenvalue weighted by Gasteiger charge is 2.50. The highest BCUT2D eigenvalue weighted by atomic mass is 35.5. The number of imide groups is 1. The van der Waals surface area contributed by atoms with E-state index in [-0.39, 0.29) is 22.1 Å². The molecule has 3 rings (SSSR count). The van der Waals surface area contributed by atoms with Crippen LogP contribution in [-0.4, -0.2) is 26.4 Å². The van der Waals surface area contributed by atoms with E-state index in [0.717, 1.165) is 34.6 Å². The van der Waals surface area contributed by atoms with Crippen molar-refractivity contribution in [2.45, 2.75) is 19.0 Å². The van der Waals surface area contributed by atoms with Crippen LogP contribution < -0.4 is 5.32 Å². The number of carbonyl (C=O) groups is 2. The summed E-state index contributed by atoms with van der Waals surface area (Å²) in [5.74, 6) is -2.23. The lowest BCUT2D eigenvalue weighted by Crippen LogP contribution is -2.41. The third kappa shape index (κ3) is 2.55. The maximum absolute atomic E-state index is 14.0. The molecule has 3 amide bonds. The molecule has 0 spiro atoms. The number of hydrogen-bond acceptors (Lipinski definition) is 5. The van der Waals surface area contributed by atoms with Gasteiger partial charge in [0.05, 0.1) is 6.54 Å². The van der Waals surface area contributed by atoms with Crippen molar-refractivity contribution in [2.24, 2.45) is 0 Å². The minimum absolute atomic E-state index is 0.202. The molecule has 0 aliphatic carbocycles. The summed E-state index contributed by atoms with van der Waals surface area (Å²) in [6, 6.07) is 1.97. The molecule has 2 heterocycles. The average molecular weight is 359 g/mol. The van der Waals surface area contributed by atoms with Gasteiger partial charge in [-0.2, -0.15) is 0 Å². The highest BCUT2D eigenvalue weighted by Crippen LogP contribution is 2.32. The van der Waals surface area contributed by atoms with Crippen molar-refractivity contribution < 1.29 is 18.4 Å². The number of nitrogens with one attached hydrogen (secondary N) is 1. The number of nitrogens with zero attached hydrogens (tertiary/aromatic N) is 3. The standard InChI is InChI=1S/C13H9ClF2N4O2S/c1-13(7-4-6(15)2-3-8(7)16)11(21)20(12(22)17-13)5-9-10(14)23-19-18-9/h2-4H,5H2,1H3,(H,17,22). The van der Waals surface area contributed by atoms with Crippen LogP contribution in [0.5, 0.6) is 0 Å². The third-order valence-electron chi connectivity index (χ3n) is 3.56. The Morgan fingerprint density at radius 3 is 2.78 bits per heavy atom. The lowest BCUT2D eigenvalue weighted by molar-refractivity contribution is -0.131. The fraction of sp³-hybridized carbons (Fsp3) is 0.231. The predicted octanol–water partition coefficient (Wildman–Crippen LogP) is 2.44. The van der Waals surface area contributed by atoms with E-state index in [0.29, 0.717) is 0 Å². The summed E-state index contributed by atoms with van der Waals surface area (Å²) in [7, 11) is 0. The summed E-state index contributed by atoms with van der Waals surface area (Å²) in [5.41, 5.74) is -1.70. The van der Waals surface area contributed by atoms with Gasteiger partial charge in [0, 0.05) is 17.1 Å². The summed E-state index contributed by atoms with van der Waals surface area (Å²) in [4.78, 5) is 25.5. The second-order valence-corrected chi connectivity index (χ2v) is 6.42. The largest absolute Gasteiger partial charge is 0.325 e. The zero-order valence-electron chi connectivity index (χ0n) is 11.6. The summed E-state index contributed by atoms with van der Waals surface area (Å²) in [5, 5.41) is 6.12. The summed E-state index contributed by atoms with van der Waals surface area (Å²) < 4.78 is 31.3. The zero-order valence-corrected chi connectivity index (χ0v) is 13.2. The van der Waals surface area contributed by atoms with Gasteiger partial charge in [0.2, 0.25) is 0 Å². The number of benzene rings is 1. The lowest BCUT2D eigenvalue weighted by Gasteiger charge is -2.22. The van der Waals surface area contributed by atoms with Crippen molar-refractivity contribution >= 4 is 35.1 Å². The van der Waals surface area contributed by atoms with Gasteiger partial charge in [0.15, 0.2) is 0 Å². The predicted molar refractivity (Wildman–Crippen MR) is 77.7 cm³/mol. The number of urea groups is 1. The second-order valence-electron chi connectivity index (χ2n) is 5.06. The van der Waals surface area contributed by atoms with Crippen LogP contribution in [0.25, 0.3) is 0 Å². The molecule has 120 valence electrons. The Kier molecular flexibility index (Phi) is 3.77. The maximum atomic E-state index is 14.0. The van der Waals surface area contributed by atoms with Crippen LogP contribution in [-0.2, 0) is 16.9 Å². The number of amides is 3. The monoisotopic (exact) mass is 358 g/mol. The Morgan fingerprint density at radius 1 is 1.39 bits per heavy atom. The first kappa shape index (κ1) is 15.8. The van der Waals surface area contributed by atoms with Gasteiger partial charge < -0.3 is 5.32 Å². The van der Waals surface area contributed by atoms with Gasteiger partial charge >= 0.3 is 6.03 Å². The molecule has 10 heteroatoms. The van der Waals surface area contributed by atoms with Gasteiger partial charge in [0.1, 0.15) is 27.2 Å². The van der Waals surface area contributed by atoms with Crippen LogP contribution in [0.15, 0.2) is 18.2 Å². The van der Waals surface area contributed by atoms with Crippen molar-refractivity contribution in [1.29, 1.82) is 0 Å². The van der Waals surface area contributed by atoms with E-state index in [1.807, 2.05) is 0 Å². The Balaban J connectivity index is 1.97. The van der Waals surface area contributed by atoms with Gasteiger partial charge in [-0.3, -0.25) is 9.69 Å². The number of rotatable bonds is 3. The average Bonchev–Trinajstić information content (AvgIpc) is 2.99. The van der Waals surface area contributed by atoms with Gasteiger partial charge in [-0.05, 0) is 25.1 Å². The van der Waals surface area contributed by atoms with Gasteiger partial charge in [-0.25, -0.2) is 13.6 Å². The minimum Gasteiger partial charge on any atom is -0.319 e. The molecule has 1 unspecified atom stereocenters. The third-order valence-corrected chi connectivity index (χ3v) is 4.54. The van der Waals surface area contributed by atoms with Crippen LogP contribution >= 0.6 is 23.1 Å². The quantitative estimate of drug-likeness (QED) is 0.855. The van der Waals surface area contributed by atoms with E-state index in [1.165, 1.54) is 6.92 Å².